The lowest BCUT2D eigenvalue weighted by atomic mass is 10.4. The van der Waals surface area contributed by atoms with Gasteiger partial charge >= 0.3 is 18.2 Å². The van der Waals surface area contributed by atoms with Gasteiger partial charge in [-0.1, -0.05) is 34.1 Å². The van der Waals surface area contributed by atoms with Gasteiger partial charge in [-0.05, 0) is 18.9 Å². The van der Waals surface area contributed by atoms with E-state index in [0.717, 1.165) is 13.2 Å². The van der Waals surface area contributed by atoms with Crippen molar-refractivity contribution < 1.29 is 4.74 Å². The van der Waals surface area contributed by atoms with Crippen molar-refractivity contribution in [2.45, 2.75) is 12.8 Å². The second-order valence-electron chi connectivity index (χ2n) is 3.08. The van der Waals surface area contributed by atoms with Gasteiger partial charge in [-0.3, -0.25) is 12.9 Å². The van der Waals surface area contributed by atoms with Gasteiger partial charge in [0.2, 0.25) is 0 Å². The third-order valence-corrected chi connectivity index (χ3v) is 5.05. The van der Waals surface area contributed by atoms with Crippen LogP contribution in [-0.4, -0.2) is 31.4 Å². The van der Waals surface area contributed by atoms with E-state index in [1.54, 1.807) is 0 Å². The summed E-state index contributed by atoms with van der Waals surface area (Å²) < 4.78 is 7.55. The molecule has 2 rings (SSSR count). The van der Waals surface area contributed by atoms with Crippen molar-refractivity contribution >= 4 is 50.7 Å². The maximum absolute atomic E-state index is 4.94. The van der Waals surface area contributed by atoms with Gasteiger partial charge in [-0.25, -0.2) is 0 Å². The lowest BCUT2D eigenvalue weighted by Gasteiger charge is -1.92. The van der Waals surface area contributed by atoms with Crippen LogP contribution in [0.3, 0.4) is 0 Å². The lowest BCUT2D eigenvalue weighted by Crippen LogP contribution is -2.06. The maximum Gasteiger partial charge on any atom is 0.506 e. The van der Waals surface area contributed by atoms with E-state index in [4.69, 9.17) is 4.74 Å². The molecule has 0 N–H and O–H groups in total. The third-order valence-electron chi connectivity index (χ3n) is 1.87. The Kier molecular flexibility index (Phi) is 7.51. The fourth-order valence-electron chi connectivity index (χ4n) is 1.13. The number of rotatable bonds is 1. The zero-order chi connectivity index (χ0) is 10.2. The summed E-state index contributed by atoms with van der Waals surface area (Å²) in [6, 6.07) is 8.40. The van der Waals surface area contributed by atoms with Crippen molar-refractivity contribution in [3.05, 3.63) is 28.7 Å². The molecule has 0 aromatic heterocycles. The molecule has 1 aromatic rings. The molecule has 74 valence electrons. The van der Waals surface area contributed by atoms with E-state index >= 15 is 0 Å². The predicted octanol–water partition coefficient (Wildman–Crippen LogP) is 2.89. The molecule has 1 saturated heterocycles. The zero-order valence-corrected chi connectivity index (χ0v) is 12.6. The van der Waals surface area contributed by atoms with Crippen molar-refractivity contribution in [2.24, 2.45) is 0 Å². The van der Waals surface area contributed by atoms with E-state index in [0.29, 0.717) is 0 Å². The van der Waals surface area contributed by atoms with E-state index in [1.165, 1.54) is 21.0 Å². The maximum atomic E-state index is 4.94. The molecule has 0 bridgehead atoms. The summed E-state index contributed by atoms with van der Waals surface area (Å²) in [4.78, 5) is 0. The van der Waals surface area contributed by atoms with Crippen molar-refractivity contribution in [2.75, 3.05) is 13.2 Å². The highest BCUT2D eigenvalue weighted by Gasteiger charge is 1.94. The summed E-state index contributed by atoms with van der Waals surface area (Å²) in [6.07, 6.45) is 2.56. The van der Waals surface area contributed by atoms with Gasteiger partial charge in [0.25, 0.3) is 0 Å². The van der Waals surface area contributed by atoms with E-state index in [9.17, 15) is 0 Å². The largest absolute Gasteiger partial charge is 0.506 e. The average molecular weight is 332 g/mol. The minimum Gasteiger partial charge on any atom is -0.381 e. The summed E-state index contributed by atoms with van der Waals surface area (Å²) in [5.41, 5.74) is 0. The van der Waals surface area contributed by atoms with Gasteiger partial charge in [0.15, 0.2) is 0 Å². The molecule has 0 aliphatic carbocycles. The lowest BCUT2D eigenvalue weighted by molar-refractivity contribution is 0.198. The van der Waals surface area contributed by atoms with E-state index in [2.05, 4.69) is 47.0 Å². The summed E-state index contributed by atoms with van der Waals surface area (Å²) >= 11 is 6.77. The normalized spacial score (nSPS) is 14.1. The average Bonchev–Trinajstić information content (AvgIpc) is 2.75. The van der Waals surface area contributed by atoms with Crippen LogP contribution in [0.2, 0.25) is 0 Å². The van der Waals surface area contributed by atoms with Gasteiger partial charge in [0.05, 0.1) is 0 Å². The molecule has 1 nitrogen and oxygen atoms in total. The summed E-state index contributed by atoms with van der Waals surface area (Å²) in [6.45, 7) is 2.00. The van der Waals surface area contributed by atoms with E-state index in [1.807, 2.05) is 6.07 Å². The van der Waals surface area contributed by atoms with Gasteiger partial charge in [0.1, 0.15) is 0 Å². The Bertz CT molecular complexity index is 256. The van der Waals surface area contributed by atoms with Crippen LogP contribution in [0.1, 0.15) is 12.8 Å². The summed E-state index contributed by atoms with van der Waals surface area (Å²) in [5, 5.41) is 0. The fourth-order valence-corrected chi connectivity index (χ4v) is 3.44. The van der Waals surface area contributed by atoms with Crippen LogP contribution in [0, 0.1) is 0 Å². The highest BCUT2D eigenvalue weighted by Crippen LogP contribution is 2.04. The molecule has 14 heavy (non-hydrogen) atoms. The molecule has 1 aliphatic rings. The fraction of sp³-hybridized carbons (Fsp3) is 0.400. The number of halogens is 2. The molecule has 0 atom stereocenters. The molecule has 0 amide bonds. The monoisotopic (exact) mass is 330 g/mol. The van der Waals surface area contributed by atoms with Gasteiger partial charge in [-0.2, -0.15) is 3.69 Å². The number of hydrogen-bond acceptors (Lipinski definition) is 1. The Morgan fingerprint density at radius 2 is 1.93 bits per heavy atom. The number of ether oxygens (including phenoxy) is 1. The second kappa shape index (κ2) is 8.10. The summed E-state index contributed by atoms with van der Waals surface area (Å²) in [7, 11) is 0. The second-order valence-corrected chi connectivity index (χ2v) is 6.76. The molecule has 0 radical (unpaired) electrons. The topological polar surface area (TPSA) is 9.23 Å². The van der Waals surface area contributed by atoms with E-state index in [-0.39, 0.29) is 18.2 Å². The number of benzene rings is 1. The van der Waals surface area contributed by atoms with Crippen molar-refractivity contribution in [1.82, 2.24) is 0 Å². The molecular weight excluding hydrogens is 320 g/mol. The third kappa shape index (κ3) is 5.71. The SMILES string of the molecule is C1CCOC1.[Br][Mg][c]1cccc(Br)c1. The summed E-state index contributed by atoms with van der Waals surface area (Å²) in [5.74, 6) is 0. The van der Waals surface area contributed by atoms with Crippen molar-refractivity contribution in [3.63, 3.8) is 0 Å². The van der Waals surface area contributed by atoms with Crippen molar-refractivity contribution in [3.8, 4) is 0 Å². The molecule has 0 saturated carbocycles. The smallest absolute Gasteiger partial charge is 0.381 e. The minimum absolute atomic E-state index is 0.148. The Morgan fingerprint density at radius 1 is 1.21 bits per heavy atom. The first-order chi connectivity index (χ1) is 6.83. The van der Waals surface area contributed by atoms with Crippen LogP contribution >= 0.6 is 28.8 Å². The molecule has 1 aromatic carbocycles. The number of hydrogen-bond donors (Lipinski definition) is 0. The van der Waals surface area contributed by atoms with E-state index < -0.39 is 0 Å². The first kappa shape index (κ1) is 13.0. The van der Waals surface area contributed by atoms with Crippen LogP contribution in [0.5, 0.6) is 0 Å². The predicted molar refractivity (Wildman–Crippen MR) is 68.5 cm³/mol. The van der Waals surface area contributed by atoms with Gasteiger partial charge in [-0.15, -0.1) is 0 Å². The molecule has 1 aliphatic heterocycles. The quantitative estimate of drug-likeness (QED) is 0.719. The van der Waals surface area contributed by atoms with Gasteiger partial charge < -0.3 is 4.74 Å². The first-order valence-electron chi connectivity index (χ1n) is 4.71. The zero-order valence-electron chi connectivity index (χ0n) is 8.01. The minimum atomic E-state index is -0.148. The molecule has 0 spiro atoms. The van der Waals surface area contributed by atoms with Crippen LogP contribution in [0.15, 0.2) is 28.7 Å². The first-order valence-corrected chi connectivity index (χ1v) is 10.1. The Balaban J connectivity index is 0.000000165. The Morgan fingerprint density at radius 3 is 2.29 bits per heavy atom. The van der Waals surface area contributed by atoms with Crippen LogP contribution in [-0.2, 0) is 4.74 Å². The van der Waals surface area contributed by atoms with Crippen LogP contribution < -0.4 is 3.69 Å². The Hall–Kier alpha value is 0.906. The van der Waals surface area contributed by atoms with Crippen molar-refractivity contribution in [1.29, 1.82) is 0 Å². The molecule has 0 unspecified atom stereocenters. The van der Waals surface area contributed by atoms with Crippen LogP contribution in [0.4, 0.5) is 0 Å². The molecular formula is C10H12Br2MgO. The molecule has 4 heteroatoms. The molecule has 1 heterocycles. The highest BCUT2D eigenvalue weighted by molar-refractivity contribution is 9.23. The standard InChI is InChI=1S/C6H4Br.C4H8O.BrH.Mg/c7-6-4-2-1-3-5-6;1-2-4-5-3-1;;/h1-2,4-5H;1-4H2;1H;/q;;;+1/p-1. The molecule has 1 fully saturated rings. The van der Waals surface area contributed by atoms with Gasteiger partial charge in [0, 0.05) is 17.7 Å². The van der Waals surface area contributed by atoms with Crippen LogP contribution in [0.25, 0.3) is 0 Å². The Labute approximate surface area is 109 Å². The highest BCUT2D eigenvalue weighted by atomic mass is 79.9.